The summed E-state index contributed by atoms with van der Waals surface area (Å²) in [6.45, 7) is 0. The Hall–Kier alpha value is 0.110. The molecule has 0 aromatic heterocycles. The zero-order chi connectivity index (χ0) is 10.7. The van der Waals surface area contributed by atoms with Gasteiger partial charge in [0.1, 0.15) is 0 Å². The van der Waals surface area contributed by atoms with Gasteiger partial charge in [-0.3, -0.25) is 4.21 Å². The molecule has 0 bridgehead atoms. The normalized spacial score (nSPS) is 36.3. The van der Waals surface area contributed by atoms with Gasteiger partial charge in [0.05, 0.1) is 0 Å². The summed E-state index contributed by atoms with van der Waals surface area (Å²) in [6.07, 6.45) is 10.8. The van der Waals surface area contributed by atoms with Gasteiger partial charge >= 0.3 is 0 Å². The first kappa shape index (κ1) is 11.6. The van der Waals surface area contributed by atoms with Gasteiger partial charge in [0.2, 0.25) is 0 Å². The summed E-state index contributed by atoms with van der Waals surface area (Å²) in [4.78, 5) is 0. The van der Waals surface area contributed by atoms with Crippen LogP contribution in [0, 0.1) is 0 Å². The molecule has 2 saturated carbocycles. The highest BCUT2D eigenvalue weighted by Gasteiger charge is 2.29. The number of nitrogens with two attached hydrogens (primary N) is 1. The Morgan fingerprint density at radius 1 is 0.867 bits per heavy atom. The molecule has 0 radical (unpaired) electrons. The molecule has 3 unspecified atom stereocenters. The number of hydrogen-bond donors (Lipinski definition) is 1. The topological polar surface area (TPSA) is 43.1 Å². The van der Waals surface area contributed by atoms with Crippen molar-refractivity contribution in [1.82, 2.24) is 0 Å². The molecule has 2 aliphatic carbocycles. The fraction of sp³-hybridized carbons (Fsp3) is 1.00. The van der Waals surface area contributed by atoms with E-state index in [2.05, 4.69) is 0 Å². The predicted molar refractivity (Wildman–Crippen MR) is 65.2 cm³/mol. The highest BCUT2D eigenvalue weighted by Crippen LogP contribution is 2.29. The van der Waals surface area contributed by atoms with E-state index in [1.807, 2.05) is 0 Å². The Balaban J connectivity index is 1.88. The van der Waals surface area contributed by atoms with E-state index in [1.165, 1.54) is 38.5 Å². The van der Waals surface area contributed by atoms with E-state index < -0.39 is 10.8 Å². The quantitative estimate of drug-likeness (QED) is 0.790. The molecule has 15 heavy (non-hydrogen) atoms. The van der Waals surface area contributed by atoms with Crippen molar-refractivity contribution in [3.63, 3.8) is 0 Å². The maximum atomic E-state index is 12.4. The first-order valence-electron chi connectivity index (χ1n) is 6.42. The maximum absolute atomic E-state index is 12.4. The molecule has 0 amide bonds. The third-order valence-corrected chi connectivity index (χ3v) is 6.09. The summed E-state index contributed by atoms with van der Waals surface area (Å²) in [5.41, 5.74) is 5.96. The van der Waals surface area contributed by atoms with Gasteiger partial charge in [-0.2, -0.15) is 0 Å². The molecule has 2 nitrogen and oxygen atoms in total. The van der Waals surface area contributed by atoms with Crippen LogP contribution in [0.25, 0.3) is 0 Å². The minimum absolute atomic E-state index is 0.316. The summed E-state index contributed by atoms with van der Waals surface area (Å²) in [7, 11) is -0.594. The van der Waals surface area contributed by atoms with Gasteiger partial charge in [0.15, 0.2) is 0 Å². The average Bonchev–Trinajstić information content (AvgIpc) is 2.29. The monoisotopic (exact) mass is 229 g/mol. The van der Waals surface area contributed by atoms with Gasteiger partial charge < -0.3 is 5.73 Å². The third kappa shape index (κ3) is 3.04. The highest BCUT2D eigenvalue weighted by atomic mass is 32.2. The van der Waals surface area contributed by atoms with Crippen LogP contribution in [0.1, 0.15) is 57.8 Å². The van der Waals surface area contributed by atoms with Crippen molar-refractivity contribution >= 4 is 10.8 Å². The van der Waals surface area contributed by atoms with Crippen LogP contribution >= 0.6 is 0 Å². The van der Waals surface area contributed by atoms with E-state index >= 15 is 0 Å². The fourth-order valence-corrected chi connectivity index (χ4v) is 5.14. The van der Waals surface area contributed by atoms with Crippen LogP contribution in [0.3, 0.4) is 0 Å². The van der Waals surface area contributed by atoms with E-state index in [9.17, 15) is 4.21 Å². The van der Waals surface area contributed by atoms with Crippen LogP contribution in [0.15, 0.2) is 0 Å². The number of hydrogen-bond acceptors (Lipinski definition) is 2. The van der Waals surface area contributed by atoms with E-state index in [1.54, 1.807) is 0 Å². The molecular weight excluding hydrogens is 206 g/mol. The Labute approximate surface area is 95.5 Å². The van der Waals surface area contributed by atoms with Crippen molar-refractivity contribution < 1.29 is 4.21 Å². The summed E-state index contributed by atoms with van der Waals surface area (Å²) >= 11 is 0. The molecule has 0 aromatic carbocycles. The predicted octanol–water partition coefficient (Wildman–Crippen LogP) is 2.34. The molecular formula is C12H23NOS. The van der Waals surface area contributed by atoms with Crippen LogP contribution in [0.5, 0.6) is 0 Å². The summed E-state index contributed by atoms with van der Waals surface area (Å²) in [5, 5.41) is 0.908. The van der Waals surface area contributed by atoms with Crippen molar-refractivity contribution in [1.29, 1.82) is 0 Å². The molecule has 2 fully saturated rings. The third-order valence-electron chi connectivity index (χ3n) is 3.88. The minimum Gasteiger partial charge on any atom is -0.328 e. The molecule has 0 aromatic rings. The zero-order valence-electron chi connectivity index (χ0n) is 9.49. The van der Waals surface area contributed by atoms with Crippen molar-refractivity contribution in [2.24, 2.45) is 5.73 Å². The van der Waals surface area contributed by atoms with Gasteiger partial charge in [0, 0.05) is 27.3 Å². The highest BCUT2D eigenvalue weighted by molar-refractivity contribution is 7.86. The van der Waals surface area contributed by atoms with Gasteiger partial charge in [0.25, 0.3) is 0 Å². The summed E-state index contributed by atoms with van der Waals surface area (Å²) in [6, 6.07) is 0.316. The summed E-state index contributed by atoms with van der Waals surface area (Å²) < 4.78 is 12.4. The lowest BCUT2D eigenvalue weighted by molar-refractivity contribution is 0.436. The van der Waals surface area contributed by atoms with Gasteiger partial charge in [-0.25, -0.2) is 0 Å². The molecule has 2 N–H and O–H groups in total. The van der Waals surface area contributed by atoms with Crippen LogP contribution in [-0.4, -0.2) is 20.8 Å². The Morgan fingerprint density at radius 3 is 2.20 bits per heavy atom. The molecule has 2 aliphatic rings. The first-order valence-corrected chi connectivity index (χ1v) is 7.70. The lowest BCUT2D eigenvalue weighted by atomic mass is 9.96. The Morgan fingerprint density at radius 2 is 1.53 bits per heavy atom. The molecule has 0 heterocycles. The SMILES string of the molecule is NC1CCCC(S(=O)C2CCCCC2)C1. The molecule has 0 saturated heterocycles. The average molecular weight is 229 g/mol. The van der Waals surface area contributed by atoms with Crippen molar-refractivity contribution in [3.05, 3.63) is 0 Å². The lowest BCUT2D eigenvalue weighted by Crippen LogP contribution is -2.36. The zero-order valence-corrected chi connectivity index (χ0v) is 10.3. The molecule has 0 aliphatic heterocycles. The second kappa shape index (κ2) is 5.44. The van der Waals surface area contributed by atoms with Crippen LogP contribution in [0.4, 0.5) is 0 Å². The van der Waals surface area contributed by atoms with Crippen molar-refractivity contribution in [2.45, 2.75) is 74.3 Å². The smallest absolute Gasteiger partial charge is 0.0365 e. The molecule has 2 rings (SSSR count). The molecule has 88 valence electrons. The van der Waals surface area contributed by atoms with Gasteiger partial charge in [-0.05, 0) is 32.1 Å². The minimum atomic E-state index is -0.594. The van der Waals surface area contributed by atoms with Crippen LogP contribution in [-0.2, 0) is 10.8 Å². The van der Waals surface area contributed by atoms with Crippen LogP contribution in [0.2, 0.25) is 0 Å². The molecule has 3 heteroatoms. The van der Waals surface area contributed by atoms with Gasteiger partial charge in [-0.1, -0.05) is 25.7 Å². The van der Waals surface area contributed by atoms with Crippen molar-refractivity contribution in [2.75, 3.05) is 0 Å². The first-order chi connectivity index (χ1) is 7.27. The standard InChI is InChI=1S/C12H23NOS/c13-10-5-4-8-12(9-10)15(14)11-6-2-1-3-7-11/h10-12H,1-9,13H2. The van der Waals surface area contributed by atoms with E-state index in [4.69, 9.17) is 5.73 Å². The van der Waals surface area contributed by atoms with E-state index in [0.29, 0.717) is 16.5 Å². The Kier molecular flexibility index (Phi) is 4.21. The molecule has 0 spiro atoms. The Bertz CT molecular complexity index is 226. The largest absolute Gasteiger partial charge is 0.328 e. The second-order valence-corrected chi connectivity index (χ2v) is 7.13. The van der Waals surface area contributed by atoms with Crippen molar-refractivity contribution in [3.8, 4) is 0 Å². The number of rotatable bonds is 2. The summed E-state index contributed by atoms with van der Waals surface area (Å²) in [5.74, 6) is 0. The molecule has 3 atom stereocenters. The van der Waals surface area contributed by atoms with Crippen LogP contribution < -0.4 is 5.73 Å². The van der Waals surface area contributed by atoms with E-state index in [0.717, 1.165) is 19.3 Å². The fourth-order valence-electron chi connectivity index (χ4n) is 2.96. The van der Waals surface area contributed by atoms with E-state index in [-0.39, 0.29) is 0 Å². The van der Waals surface area contributed by atoms with Gasteiger partial charge in [-0.15, -0.1) is 0 Å². The maximum Gasteiger partial charge on any atom is 0.0365 e. The second-order valence-electron chi connectivity index (χ2n) is 5.14. The lowest BCUT2D eigenvalue weighted by Gasteiger charge is -2.30.